The van der Waals surface area contributed by atoms with E-state index in [0.717, 1.165) is 17.1 Å². The summed E-state index contributed by atoms with van der Waals surface area (Å²) in [6, 6.07) is 5.00. The molecule has 25 heavy (non-hydrogen) atoms. The van der Waals surface area contributed by atoms with E-state index in [-0.39, 0.29) is 34.8 Å². The van der Waals surface area contributed by atoms with E-state index in [1.807, 2.05) is 0 Å². The maximum atomic E-state index is 12.7. The number of hydrogen-bond donors (Lipinski definition) is 1. The molecule has 0 unspecified atom stereocenters. The number of amides is 1. The van der Waals surface area contributed by atoms with Crippen LogP contribution in [-0.2, 0) is 24.8 Å². The van der Waals surface area contributed by atoms with Crippen LogP contribution in [0.2, 0.25) is 0 Å². The van der Waals surface area contributed by atoms with Crippen molar-refractivity contribution in [3.63, 3.8) is 0 Å². The molecule has 0 atom stereocenters. The Hall–Kier alpha value is -1.49. The molecule has 1 amide bonds. The number of likely N-dealkylation sites (N-methyl/N-ethyl adjacent to an activating group) is 2. The van der Waals surface area contributed by atoms with Crippen LogP contribution in [0.25, 0.3) is 0 Å². The molecule has 0 aromatic heterocycles. The molecule has 0 aliphatic heterocycles. The lowest BCUT2D eigenvalue weighted by molar-refractivity contribution is -0.128. The molecule has 1 fully saturated rings. The van der Waals surface area contributed by atoms with E-state index >= 15 is 0 Å². The third-order valence-electron chi connectivity index (χ3n) is 3.83. The van der Waals surface area contributed by atoms with Gasteiger partial charge in [-0.3, -0.25) is 4.79 Å². The largest absolute Gasteiger partial charge is 0.348 e. The number of sulfonamides is 2. The van der Waals surface area contributed by atoms with Crippen molar-refractivity contribution in [2.24, 2.45) is 0 Å². The zero-order valence-electron chi connectivity index (χ0n) is 14.5. The Balaban J connectivity index is 2.22. The van der Waals surface area contributed by atoms with E-state index in [4.69, 9.17) is 0 Å². The van der Waals surface area contributed by atoms with Crippen LogP contribution in [0.5, 0.6) is 0 Å². The summed E-state index contributed by atoms with van der Waals surface area (Å²) in [7, 11) is -4.41. The molecular formula is C15H23N3O5S2. The average Bonchev–Trinajstić information content (AvgIpc) is 3.35. The lowest BCUT2D eigenvalue weighted by Gasteiger charge is -2.22. The summed E-state index contributed by atoms with van der Waals surface area (Å²) in [6.45, 7) is 1.50. The monoisotopic (exact) mass is 389 g/mol. The van der Waals surface area contributed by atoms with E-state index in [1.165, 1.54) is 29.2 Å². The number of carbonyl (C=O) groups is 1. The van der Waals surface area contributed by atoms with Crippen LogP contribution in [0.4, 0.5) is 0 Å². The quantitative estimate of drug-likeness (QED) is 0.685. The summed E-state index contributed by atoms with van der Waals surface area (Å²) >= 11 is 0. The molecule has 2 rings (SSSR count). The van der Waals surface area contributed by atoms with E-state index in [2.05, 4.69) is 4.72 Å². The van der Waals surface area contributed by atoms with Gasteiger partial charge in [-0.2, -0.15) is 4.31 Å². The van der Waals surface area contributed by atoms with Gasteiger partial charge in [-0.1, -0.05) is 6.92 Å². The first kappa shape index (κ1) is 19.8. The van der Waals surface area contributed by atoms with Crippen LogP contribution in [-0.4, -0.2) is 65.2 Å². The Labute approximate surface area is 148 Å². The third-order valence-corrected chi connectivity index (χ3v) is 7.31. The van der Waals surface area contributed by atoms with Crippen LogP contribution in [0.15, 0.2) is 34.1 Å². The van der Waals surface area contributed by atoms with Crippen molar-refractivity contribution in [3.8, 4) is 0 Å². The lowest BCUT2D eigenvalue weighted by Crippen LogP contribution is -2.40. The molecule has 0 spiro atoms. The summed E-state index contributed by atoms with van der Waals surface area (Å²) in [6.07, 6.45) is 1.63. The predicted molar refractivity (Wildman–Crippen MR) is 92.9 cm³/mol. The second-order valence-electron chi connectivity index (χ2n) is 6.09. The van der Waals surface area contributed by atoms with Crippen LogP contribution in [0, 0.1) is 0 Å². The van der Waals surface area contributed by atoms with Crippen molar-refractivity contribution in [1.29, 1.82) is 0 Å². The molecule has 140 valence electrons. The number of rotatable bonds is 8. The van der Waals surface area contributed by atoms with Gasteiger partial charge < -0.3 is 4.90 Å². The zero-order chi connectivity index (χ0) is 18.8. The minimum Gasteiger partial charge on any atom is -0.348 e. The van der Waals surface area contributed by atoms with Gasteiger partial charge in [0, 0.05) is 26.7 Å². The van der Waals surface area contributed by atoms with Crippen molar-refractivity contribution in [3.05, 3.63) is 24.3 Å². The number of carbonyl (C=O) groups excluding carboxylic acids is 1. The highest BCUT2D eigenvalue weighted by atomic mass is 32.2. The molecule has 1 aromatic carbocycles. The molecule has 0 radical (unpaired) electrons. The fraction of sp³-hybridized carbons (Fsp3) is 0.533. The van der Waals surface area contributed by atoms with Crippen LogP contribution < -0.4 is 4.72 Å². The maximum Gasteiger partial charge on any atom is 0.243 e. The molecule has 0 heterocycles. The van der Waals surface area contributed by atoms with E-state index in [1.54, 1.807) is 21.0 Å². The first-order valence-corrected chi connectivity index (χ1v) is 10.8. The van der Waals surface area contributed by atoms with Gasteiger partial charge in [0.15, 0.2) is 0 Å². The molecule has 1 saturated carbocycles. The van der Waals surface area contributed by atoms with Crippen molar-refractivity contribution >= 4 is 26.0 Å². The molecule has 1 aliphatic carbocycles. The van der Waals surface area contributed by atoms with E-state index in [0.29, 0.717) is 0 Å². The van der Waals surface area contributed by atoms with E-state index < -0.39 is 20.0 Å². The Bertz CT molecular complexity index is 828. The van der Waals surface area contributed by atoms with Gasteiger partial charge in [0.2, 0.25) is 26.0 Å². The summed E-state index contributed by atoms with van der Waals surface area (Å²) in [5, 5.41) is 0. The van der Waals surface area contributed by atoms with Gasteiger partial charge in [-0.15, -0.1) is 0 Å². The summed E-state index contributed by atoms with van der Waals surface area (Å²) < 4.78 is 53.2. The Morgan fingerprint density at radius 2 is 1.60 bits per heavy atom. The number of hydrogen-bond acceptors (Lipinski definition) is 5. The standard InChI is InChI=1S/C15H23N3O5S2/c1-4-18(11-15(19)17(2)3)25(22,23)14-9-7-13(8-10-14)24(20,21)16-12-5-6-12/h7-10,12,16H,4-6,11H2,1-3H3. The molecular weight excluding hydrogens is 366 g/mol. The minimum atomic E-state index is -3.88. The summed E-state index contributed by atoms with van der Waals surface area (Å²) in [5.41, 5.74) is 0. The fourth-order valence-electron chi connectivity index (χ4n) is 2.09. The number of nitrogens with zero attached hydrogens (tertiary/aromatic N) is 2. The molecule has 1 N–H and O–H groups in total. The van der Waals surface area contributed by atoms with Crippen LogP contribution in [0.1, 0.15) is 19.8 Å². The number of nitrogens with one attached hydrogen (secondary N) is 1. The molecule has 0 saturated heterocycles. The first-order chi connectivity index (χ1) is 11.6. The van der Waals surface area contributed by atoms with Crippen molar-refractivity contribution in [2.45, 2.75) is 35.6 Å². The van der Waals surface area contributed by atoms with Gasteiger partial charge in [-0.05, 0) is 37.1 Å². The van der Waals surface area contributed by atoms with Gasteiger partial charge in [-0.25, -0.2) is 21.6 Å². The van der Waals surface area contributed by atoms with Gasteiger partial charge in [0.05, 0.1) is 16.3 Å². The van der Waals surface area contributed by atoms with Gasteiger partial charge in [0.1, 0.15) is 0 Å². The molecule has 1 aromatic rings. The topological polar surface area (TPSA) is 104 Å². The first-order valence-electron chi connectivity index (χ1n) is 7.90. The fourth-order valence-corrected chi connectivity index (χ4v) is 4.79. The number of benzene rings is 1. The highest BCUT2D eigenvalue weighted by molar-refractivity contribution is 7.89. The van der Waals surface area contributed by atoms with Crippen molar-refractivity contribution in [2.75, 3.05) is 27.2 Å². The second-order valence-corrected chi connectivity index (χ2v) is 9.74. The normalized spacial score (nSPS) is 15.4. The van der Waals surface area contributed by atoms with Gasteiger partial charge >= 0.3 is 0 Å². The second kappa shape index (κ2) is 7.40. The SMILES string of the molecule is CCN(CC(=O)N(C)C)S(=O)(=O)c1ccc(S(=O)(=O)NC2CC2)cc1. The Morgan fingerprint density at radius 1 is 1.08 bits per heavy atom. The van der Waals surface area contributed by atoms with E-state index in [9.17, 15) is 21.6 Å². The highest BCUT2D eigenvalue weighted by Crippen LogP contribution is 2.23. The van der Waals surface area contributed by atoms with Crippen molar-refractivity contribution in [1.82, 2.24) is 13.9 Å². The predicted octanol–water partition coefficient (Wildman–Crippen LogP) is 0.226. The summed E-state index contributed by atoms with van der Waals surface area (Å²) in [4.78, 5) is 13.1. The van der Waals surface area contributed by atoms with Gasteiger partial charge in [0.25, 0.3) is 0 Å². The smallest absolute Gasteiger partial charge is 0.243 e. The maximum absolute atomic E-state index is 12.7. The summed E-state index contributed by atoms with van der Waals surface area (Å²) in [5.74, 6) is -0.335. The van der Waals surface area contributed by atoms with Crippen LogP contribution >= 0.6 is 0 Å². The molecule has 1 aliphatic rings. The Morgan fingerprint density at radius 3 is 2.04 bits per heavy atom. The highest BCUT2D eigenvalue weighted by Gasteiger charge is 2.29. The zero-order valence-corrected chi connectivity index (χ0v) is 16.1. The Kier molecular flexibility index (Phi) is 5.87. The average molecular weight is 389 g/mol. The molecule has 8 nitrogen and oxygen atoms in total. The lowest BCUT2D eigenvalue weighted by atomic mass is 10.4. The molecule has 10 heteroatoms. The minimum absolute atomic E-state index is 0.0192. The third kappa shape index (κ3) is 4.78. The van der Waals surface area contributed by atoms with Crippen LogP contribution in [0.3, 0.4) is 0 Å². The van der Waals surface area contributed by atoms with Crippen molar-refractivity contribution < 1.29 is 21.6 Å². The molecule has 0 bridgehead atoms.